The van der Waals surface area contributed by atoms with Crippen molar-refractivity contribution in [2.45, 2.75) is 46.5 Å². The fourth-order valence-electron chi connectivity index (χ4n) is 2.56. The molecule has 1 aromatic carbocycles. The number of aromatic nitrogens is 2. The molecule has 0 unspecified atom stereocenters. The summed E-state index contributed by atoms with van der Waals surface area (Å²) in [6, 6.07) is 8.79. The minimum atomic E-state index is -0.367. The zero-order valence-electron chi connectivity index (χ0n) is 15.2. The summed E-state index contributed by atoms with van der Waals surface area (Å²) in [5, 5.41) is 0.889. The van der Waals surface area contributed by atoms with Crippen molar-refractivity contribution in [3.05, 3.63) is 57.8 Å². The standard InChI is InChI=1S/C20H22N2O3/c1-11(2)16-10-18(22-20(21-16)12(3)4)24-14-6-7-15-13(5)8-19(23)25-17(15)9-14/h6-12H,1-5H3. The zero-order chi connectivity index (χ0) is 18.1. The summed E-state index contributed by atoms with van der Waals surface area (Å²) in [6.45, 7) is 10.2. The van der Waals surface area contributed by atoms with Gasteiger partial charge in [0.2, 0.25) is 5.88 Å². The van der Waals surface area contributed by atoms with Crippen molar-refractivity contribution < 1.29 is 9.15 Å². The zero-order valence-corrected chi connectivity index (χ0v) is 15.2. The van der Waals surface area contributed by atoms with Gasteiger partial charge >= 0.3 is 5.63 Å². The van der Waals surface area contributed by atoms with Gasteiger partial charge in [0, 0.05) is 29.5 Å². The number of benzene rings is 1. The smallest absolute Gasteiger partial charge is 0.336 e. The van der Waals surface area contributed by atoms with E-state index in [1.165, 1.54) is 6.07 Å². The Kier molecular flexibility index (Phi) is 4.57. The number of ether oxygens (including phenoxy) is 1. The number of hydrogen-bond acceptors (Lipinski definition) is 5. The molecule has 2 heterocycles. The van der Waals surface area contributed by atoms with E-state index in [1.807, 2.05) is 25.1 Å². The molecule has 0 aliphatic carbocycles. The topological polar surface area (TPSA) is 65.2 Å². The quantitative estimate of drug-likeness (QED) is 0.631. The maximum Gasteiger partial charge on any atom is 0.336 e. The van der Waals surface area contributed by atoms with Crippen LogP contribution in [0.1, 0.15) is 56.6 Å². The highest BCUT2D eigenvalue weighted by Crippen LogP contribution is 2.28. The van der Waals surface area contributed by atoms with Gasteiger partial charge in [0.05, 0.1) is 5.69 Å². The second-order valence-corrected chi connectivity index (χ2v) is 6.81. The van der Waals surface area contributed by atoms with Crippen LogP contribution >= 0.6 is 0 Å². The van der Waals surface area contributed by atoms with Crippen LogP contribution in [0, 0.1) is 6.92 Å². The van der Waals surface area contributed by atoms with Gasteiger partial charge in [-0.2, -0.15) is 4.98 Å². The minimum absolute atomic E-state index is 0.207. The molecular formula is C20H22N2O3. The molecule has 3 aromatic rings. The maximum atomic E-state index is 11.6. The lowest BCUT2D eigenvalue weighted by Gasteiger charge is -2.13. The van der Waals surface area contributed by atoms with E-state index in [-0.39, 0.29) is 17.5 Å². The van der Waals surface area contributed by atoms with Gasteiger partial charge in [-0.05, 0) is 30.5 Å². The molecule has 0 atom stereocenters. The molecule has 0 N–H and O–H groups in total. The Hall–Kier alpha value is -2.69. The SMILES string of the molecule is Cc1cc(=O)oc2cc(Oc3cc(C(C)C)nc(C(C)C)n3)ccc12. The Morgan fingerprint density at radius 3 is 2.44 bits per heavy atom. The highest BCUT2D eigenvalue weighted by Gasteiger charge is 2.12. The maximum absolute atomic E-state index is 11.6. The molecule has 0 bridgehead atoms. The Balaban J connectivity index is 2.02. The van der Waals surface area contributed by atoms with Gasteiger partial charge in [-0.25, -0.2) is 9.78 Å². The van der Waals surface area contributed by atoms with E-state index in [1.54, 1.807) is 6.07 Å². The summed E-state index contributed by atoms with van der Waals surface area (Å²) in [6.07, 6.45) is 0. The lowest BCUT2D eigenvalue weighted by Crippen LogP contribution is -2.04. The number of rotatable bonds is 4. The van der Waals surface area contributed by atoms with E-state index < -0.39 is 0 Å². The first-order chi connectivity index (χ1) is 11.8. The van der Waals surface area contributed by atoms with E-state index >= 15 is 0 Å². The van der Waals surface area contributed by atoms with Crippen molar-refractivity contribution in [2.24, 2.45) is 0 Å². The van der Waals surface area contributed by atoms with Crippen LogP contribution in [0.2, 0.25) is 0 Å². The average Bonchev–Trinajstić information content (AvgIpc) is 2.53. The summed E-state index contributed by atoms with van der Waals surface area (Å²) in [4.78, 5) is 20.7. The number of hydrogen-bond donors (Lipinski definition) is 0. The predicted octanol–water partition coefficient (Wildman–Crippen LogP) is 4.93. The van der Waals surface area contributed by atoms with Crippen LogP contribution in [-0.2, 0) is 0 Å². The van der Waals surface area contributed by atoms with Gasteiger partial charge in [-0.1, -0.05) is 27.7 Å². The van der Waals surface area contributed by atoms with Gasteiger partial charge in [-0.3, -0.25) is 0 Å². The van der Waals surface area contributed by atoms with Crippen LogP contribution in [0.3, 0.4) is 0 Å². The van der Waals surface area contributed by atoms with Crippen LogP contribution < -0.4 is 10.4 Å². The van der Waals surface area contributed by atoms with Crippen LogP contribution in [0.5, 0.6) is 11.6 Å². The molecule has 0 aliphatic rings. The van der Waals surface area contributed by atoms with Crippen molar-refractivity contribution in [3.8, 4) is 11.6 Å². The van der Waals surface area contributed by atoms with Crippen LogP contribution in [-0.4, -0.2) is 9.97 Å². The van der Waals surface area contributed by atoms with Crippen molar-refractivity contribution in [1.29, 1.82) is 0 Å². The normalized spacial score (nSPS) is 11.5. The third-order valence-electron chi connectivity index (χ3n) is 3.99. The summed E-state index contributed by atoms with van der Waals surface area (Å²) in [5.41, 5.74) is 1.96. The van der Waals surface area contributed by atoms with E-state index in [0.29, 0.717) is 17.2 Å². The Morgan fingerprint density at radius 1 is 1.00 bits per heavy atom. The largest absolute Gasteiger partial charge is 0.439 e. The molecule has 2 aromatic heterocycles. The number of nitrogens with zero attached hydrogens (tertiary/aromatic N) is 2. The summed E-state index contributed by atoms with van der Waals surface area (Å²) in [7, 11) is 0. The van der Waals surface area contributed by atoms with E-state index in [4.69, 9.17) is 9.15 Å². The number of aryl methyl sites for hydroxylation is 1. The Bertz CT molecular complexity index is 948. The molecule has 0 spiro atoms. The molecular weight excluding hydrogens is 316 g/mol. The lowest BCUT2D eigenvalue weighted by atomic mass is 10.1. The monoisotopic (exact) mass is 338 g/mol. The van der Waals surface area contributed by atoms with Crippen LogP contribution in [0.4, 0.5) is 0 Å². The first kappa shape index (κ1) is 17.1. The molecule has 5 nitrogen and oxygen atoms in total. The van der Waals surface area contributed by atoms with Crippen molar-refractivity contribution in [1.82, 2.24) is 9.97 Å². The summed E-state index contributed by atoms with van der Waals surface area (Å²) in [5.74, 6) is 2.31. The molecule has 130 valence electrons. The molecule has 3 rings (SSSR count). The summed E-state index contributed by atoms with van der Waals surface area (Å²) < 4.78 is 11.2. The van der Waals surface area contributed by atoms with Gasteiger partial charge in [-0.15, -0.1) is 0 Å². The number of fused-ring (bicyclic) bond motifs is 1. The first-order valence-electron chi connectivity index (χ1n) is 8.44. The molecule has 25 heavy (non-hydrogen) atoms. The average molecular weight is 338 g/mol. The lowest BCUT2D eigenvalue weighted by molar-refractivity contribution is 0.453. The molecule has 0 aliphatic heterocycles. The van der Waals surface area contributed by atoms with Gasteiger partial charge in [0.25, 0.3) is 0 Å². The Morgan fingerprint density at radius 2 is 1.76 bits per heavy atom. The highest BCUT2D eigenvalue weighted by molar-refractivity contribution is 5.81. The summed E-state index contributed by atoms with van der Waals surface area (Å²) >= 11 is 0. The van der Waals surface area contributed by atoms with Gasteiger partial charge in [0.15, 0.2) is 0 Å². The fourth-order valence-corrected chi connectivity index (χ4v) is 2.56. The minimum Gasteiger partial charge on any atom is -0.439 e. The second-order valence-electron chi connectivity index (χ2n) is 6.81. The van der Waals surface area contributed by atoms with E-state index in [9.17, 15) is 4.79 Å². The molecule has 0 fully saturated rings. The third-order valence-corrected chi connectivity index (χ3v) is 3.99. The first-order valence-corrected chi connectivity index (χ1v) is 8.44. The highest BCUT2D eigenvalue weighted by atomic mass is 16.5. The van der Waals surface area contributed by atoms with E-state index in [2.05, 4.69) is 37.7 Å². The molecule has 0 radical (unpaired) electrons. The molecule has 5 heteroatoms. The van der Waals surface area contributed by atoms with Crippen molar-refractivity contribution in [3.63, 3.8) is 0 Å². The van der Waals surface area contributed by atoms with Gasteiger partial charge in [0.1, 0.15) is 17.2 Å². The third kappa shape index (κ3) is 3.71. The Labute approximate surface area is 146 Å². The van der Waals surface area contributed by atoms with Gasteiger partial charge < -0.3 is 9.15 Å². The predicted molar refractivity (Wildman–Crippen MR) is 97.5 cm³/mol. The molecule has 0 saturated heterocycles. The fraction of sp³-hybridized carbons (Fsp3) is 0.350. The second kappa shape index (κ2) is 6.67. The van der Waals surface area contributed by atoms with Crippen LogP contribution in [0.15, 0.2) is 39.5 Å². The molecule has 0 saturated carbocycles. The van der Waals surface area contributed by atoms with Crippen molar-refractivity contribution in [2.75, 3.05) is 0 Å². The van der Waals surface area contributed by atoms with Crippen molar-refractivity contribution >= 4 is 11.0 Å². The molecule has 0 amide bonds. The van der Waals surface area contributed by atoms with E-state index in [0.717, 1.165) is 22.5 Å². The van der Waals surface area contributed by atoms with Crippen LogP contribution in [0.25, 0.3) is 11.0 Å².